The highest BCUT2D eigenvalue weighted by atomic mass is 16.5. The van der Waals surface area contributed by atoms with E-state index < -0.39 is 6.04 Å². The van der Waals surface area contributed by atoms with Crippen LogP contribution in [0.1, 0.15) is 55.0 Å². The van der Waals surface area contributed by atoms with Gasteiger partial charge in [0.25, 0.3) is 0 Å². The second-order valence-corrected chi connectivity index (χ2v) is 7.90. The van der Waals surface area contributed by atoms with Crippen molar-refractivity contribution in [2.24, 2.45) is 5.92 Å². The third-order valence-corrected chi connectivity index (χ3v) is 5.98. The summed E-state index contributed by atoms with van der Waals surface area (Å²) in [7, 11) is 1.64. The van der Waals surface area contributed by atoms with Crippen LogP contribution in [0.15, 0.2) is 48.5 Å². The topological polar surface area (TPSA) is 58.6 Å². The third-order valence-electron chi connectivity index (χ3n) is 5.98. The summed E-state index contributed by atoms with van der Waals surface area (Å²) in [6, 6.07) is 15.1. The number of ether oxygens (including phenoxy) is 1. The summed E-state index contributed by atoms with van der Waals surface area (Å²) < 4.78 is 5.24. The molecular weight excluding hydrogens is 364 g/mol. The number of benzene rings is 2. The molecule has 5 heteroatoms. The maximum Gasteiger partial charge on any atom is 0.247 e. The van der Waals surface area contributed by atoms with Crippen LogP contribution in [0.25, 0.3) is 0 Å². The predicted octanol–water partition coefficient (Wildman–Crippen LogP) is 3.80. The molecule has 2 aromatic rings. The molecule has 2 amide bonds. The van der Waals surface area contributed by atoms with Gasteiger partial charge in [-0.15, -0.1) is 0 Å². The van der Waals surface area contributed by atoms with E-state index in [9.17, 15) is 9.59 Å². The van der Waals surface area contributed by atoms with Crippen LogP contribution in [0.3, 0.4) is 0 Å². The standard InChI is InChI=1S/C24H28N2O3/c1-3-21(17-10-12-19(29-2)13-11-17)25-23(27)22-20-7-5-4-6-16(20)14-15-26(22)24(28)18-8-9-18/h4-7,10-13,18,21-22H,3,8-9,14-15H2,1-2H3,(H,25,27)/t21-,22-/m0/s1. The molecule has 0 radical (unpaired) electrons. The minimum absolute atomic E-state index is 0.0964. The quantitative estimate of drug-likeness (QED) is 0.814. The largest absolute Gasteiger partial charge is 0.497 e. The second kappa shape index (κ2) is 8.27. The van der Waals surface area contributed by atoms with E-state index in [-0.39, 0.29) is 23.8 Å². The van der Waals surface area contributed by atoms with Crippen molar-refractivity contribution in [3.63, 3.8) is 0 Å². The molecule has 1 heterocycles. The number of nitrogens with one attached hydrogen (secondary N) is 1. The molecule has 2 atom stereocenters. The molecule has 1 saturated carbocycles. The van der Waals surface area contributed by atoms with E-state index in [1.807, 2.05) is 42.5 Å². The molecule has 29 heavy (non-hydrogen) atoms. The average molecular weight is 392 g/mol. The van der Waals surface area contributed by atoms with Crippen molar-refractivity contribution in [3.8, 4) is 5.75 Å². The van der Waals surface area contributed by atoms with E-state index in [0.29, 0.717) is 6.54 Å². The Hall–Kier alpha value is -2.82. The summed E-state index contributed by atoms with van der Waals surface area (Å²) in [6.45, 7) is 2.65. The van der Waals surface area contributed by atoms with E-state index >= 15 is 0 Å². The Kier molecular flexibility index (Phi) is 5.56. The van der Waals surface area contributed by atoms with Gasteiger partial charge in [-0.3, -0.25) is 9.59 Å². The highest BCUT2D eigenvalue weighted by Gasteiger charge is 2.41. The van der Waals surface area contributed by atoms with Crippen LogP contribution in [0, 0.1) is 5.92 Å². The van der Waals surface area contributed by atoms with E-state index in [1.165, 1.54) is 0 Å². The van der Waals surface area contributed by atoms with Crippen LogP contribution in [-0.4, -0.2) is 30.4 Å². The lowest BCUT2D eigenvalue weighted by Crippen LogP contribution is -2.48. The Balaban J connectivity index is 1.60. The molecule has 5 nitrogen and oxygen atoms in total. The Labute approximate surface area is 172 Å². The summed E-state index contributed by atoms with van der Waals surface area (Å²) in [5, 5.41) is 3.20. The van der Waals surface area contributed by atoms with E-state index in [0.717, 1.165) is 48.1 Å². The maximum atomic E-state index is 13.5. The second-order valence-electron chi connectivity index (χ2n) is 7.90. The van der Waals surface area contributed by atoms with Gasteiger partial charge in [0.1, 0.15) is 11.8 Å². The van der Waals surface area contributed by atoms with Crippen LogP contribution in [0.5, 0.6) is 5.75 Å². The van der Waals surface area contributed by atoms with Gasteiger partial charge in [0, 0.05) is 12.5 Å². The lowest BCUT2D eigenvalue weighted by atomic mass is 9.91. The molecule has 2 aliphatic rings. The first-order chi connectivity index (χ1) is 14.1. The van der Waals surface area contributed by atoms with Crippen molar-refractivity contribution < 1.29 is 14.3 Å². The van der Waals surface area contributed by atoms with E-state index in [2.05, 4.69) is 18.3 Å². The fourth-order valence-electron chi connectivity index (χ4n) is 4.16. The van der Waals surface area contributed by atoms with Gasteiger partial charge in [-0.1, -0.05) is 43.3 Å². The maximum absolute atomic E-state index is 13.5. The van der Waals surface area contributed by atoms with Gasteiger partial charge in [0.15, 0.2) is 0 Å². The molecule has 0 unspecified atom stereocenters. The van der Waals surface area contributed by atoms with Gasteiger partial charge in [0.2, 0.25) is 11.8 Å². The lowest BCUT2D eigenvalue weighted by Gasteiger charge is -2.37. The molecule has 152 valence electrons. The molecule has 1 N–H and O–H groups in total. The summed E-state index contributed by atoms with van der Waals surface area (Å²) in [6.07, 6.45) is 3.45. The van der Waals surface area contributed by atoms with Gasteiger partial charge >= 0.3 is 0 Å². The molecule has 0 aromatic heterocycles. The summed E-state index contributed by atoms with van der Waals surface area (Å²) in [5.41, 5.74) is 3.14. The molecule has 0 spiro atoms. The first-order valence-corrected chi connectivity index (χ1v) is 10.4. The van der Waals surface area contributed by atoms with Gasteiger partial charge in [-0.2, -0.15) is 0 Å². The van der Waals surface area contributed by atoms with Gasteiger partial charge in [0.05, 0.1) is 13.2 Å². The van der Waals surface area contributed by atoms with Gasteiger partial charge in [-0.05, 0) is 54.5 Å². The molecular formula is C24H28N2O3. The van der Waals surface area contributed by atoms with Crippen LogP contribution < -0.4 is 10.1 Å². The highest BCUT2D eigenvalue weighted by Crippen LogP contribution is 2.37. The zero-order chi connectivity index (χ0) is 20.4. The number of methoxy groups -OCH3 is 1. The lowest BCUT2D eigenvalue weighted by molar-refractivity contribution is -0.142. The van der Waals surface area contributed by atoms with Crippen LogP contribution in [0.4, 0.5) is 0 Å². The van der Waals surface area contributed by atoms with Crippen LogP contribution in [0.2, 0.25) is 0 Å². The van der Waals surface area contributed by atoms with Crippen molar-refractivity contribution in [2.75, 3.05) is 13.7 Å². The number of amides is 2. The number of carbonyl (C=O) groups is 2. The van der Waals surface area contributed by atoms with Crippen molar-refractivity contribution in [2.45, 2.75) is 44.7 Å². The van der Waals surface area contributed by atoms with E-state index in [1.54, 1.807) is 12.0 Å². The predicted molar refractivity (Wildman–Crippen MR) is 111 cm³/mol. The zero-order valence-electron chi connectivity index (χ0n) is 17.1. The molecule has 1 aliphatic carbocycles. The van der Waals surface area contributed by atoms with Crippen molar-refractivity contribution in [1.29, 1.82) is 0 Å². The SMILES string of the molecule is CC[C@H](NC(=O)[C@@H]1c2ccccc2CCN1C(=O)C1CC1)c1ccc(OC)cc1. The summed E-state index contributed by atoms with van der Waals surface area (Å²) in [5.74, 6) is 0.905. The van der Waals surface area contributed by atoms with Crippen molar-refractivity contribution in [1.82, 2.24) is 10.2 Å². The molecule has 0 bridgehead atoms. The minimum Gasteiger partial charge on any atom is -0.497 e. The van der Waals surface area contributed by atoms with Gasteiger partial charge < -0.3 is 15.0 Å². The summed E-state index contributed by atoms with van der Waals surface area (Å²) in [4.78, 5) is 28.2. The first kappa shape index (κ1) is 19.5. The van der Waals surface area contributed by atoms with E-state index in [4.69, 9.17) is 4.74 Å². The van der Waals surface area contributed by atoms with Crippen molar-refractivity contribution >= 4 is 11.8 Å². The number of nitrogens with zero attached hydrogens (tertiary/aromatic N) is 1. The molecule has 4 rings (SSSR count). The first-order valence-electron chi connectivity index (χ1n) is 10.4. The zero-order valence-corrected chi connectivity index (χ0v) is 17.1. The molecule has 2 aromatic carbocycles. The summed E-state index contributed by atoms with van der Waals surface area (Å²) >= 11 is 0. The number of hydrogen-bond acceptors (Lipinski definition) is 3. The Morgan fingerprint density at radius 3 is 2.52 bits per heavy atom. The number of hydrogen-bond donors (Lipinski definition) is 1. The minimum atomic E-state index is -0.555. The van der Waals surface area contributed by atoms with Crippen molar-refractivity contribution in [3.05, 3.63) is 65.2 Å². The number of fused-ring (bicyclic) bond motifs is 1. The fourth-order valence-corrected chi connectivity index (χ4v) is 4.16. The average Bonchev–Trinajstić information content (AvgIpc) is 3.61. The smallest absolute Gasteiger partial charge is 0.247 e. The number of rotatable bonds is 6. The third kappa shape index (κ3) is 4.00. The molecule has 1 aliphatic heterocycles. The normalized spacial score (nSPS) is 19.2. The Bertz CT molecular complexity index is 889. The number of carbonyl (C=O) groups excluding carboxylic acids is 2. The Morgan fingerprint density at radius 2 is 1.86 bits per heavy atom. The highest BCUT2D eigenvalue weighted by molar-refractivity contribution is 5.91. The fraction of sp³-hybridized carbons (Fsp3) is 0.417. The monoisotopic (exact) mass is 392 g/mol. The molecule has 1 fully saturated rings. The molecule has 0 saturated heterocycles. The van der Waals surface area contributed by atoms with Crippen LogP contribution >= 0.6 is 0 Å². The Morgan fingerprint density at radius 1 is 1.14 bits per heavy atom. The van der Waals surface area contributed by atoms with Crippen LogP contribution in [-0.2, 0) is 16.0 Å². The van der Waals surface area contributed by atoms with Gasteiger partial charge in [-0.25, -0.2) is 0 Å².